The van der Waals surface area contributed by atoms with Crippen molar-refractivity contribution < 1.29 is 4.74 Å². The van der Waals surface area contributed by atoms with Crippen molar-refractivity contribution in [1.82, 2.24) is 10.3 Å². The van der Waals surface area contributed by atoms with Crippen molar-refractivity contribution in [1.29, 1.82) is 0 Å². The van der Waals surface area contributed by atoms with Gasteiger partial charge in [0.05, 0.1) is 13.2 Å². The van der Waals surface area contributed by atoms with Gasteiger partial charge in [-0.2, -0.15) is 0 Å². The lowest BCUT2D eigenvalue weighted by molar-refractivity contribution is -0.0732. The van der Waals surface area contributed by atoms with Gasteiger partial charge in [0.1, 0.15) is 0 Å². The molecule has 17 heavy (non-hydrogen) atoms. The molecule has 0 radical (unpaired) electrons. The van der Waals surface area contributed by atoms with E-state index < -0.39 is 0 Å². The second kappa shape index (κ2) is 4.75. The number of nitrogens with one attached hydrogen (secondary N) is 1. The van der Waals surface area contributed by atoms with Crippen molar-refractivity contribution in [3.8, 4) is 0 Å². The van der Waals surface area contributed by atoms with Gasteiger partial charge < -0.3 is 10.1 Å². The molecule has 0 amide bonds. The highest BCUT2D eigenvalue weighted by molar-refractivity contribution is 5.25. The third-order valence-corrected chi connectivity index (χ3v) is 4.17. The van der Waals surface area contributed by atoms with E-state index in [-0.39, 0.29) is 5.41 Å². The van der Waals surface area contributed by atoms with Crippen LogP contribution in [-0.2, 0) is 10.2 Å². The van der Waals surface area contributed by atoms with Crippen LogP contribution in [0.25, 0.3) is 0 Å². The second-order valence-electron chi connectivity index (χ2n) is 5.41. The van der Waals surface area contributed by atoms with Gasteiger partial charge in [0.15, 0.2) is 0 Å². The largest absolute Gasteiger partial charge is 0.379 e. The van der Waals surface area contributed by atoms with Crippen LogP contribution in [0, 0.1) is 5.92 Å². The molecule has 92 valence electrons. The smallest absolute Gasteiger partial charge is 0.0586 e. The highest BCUT2D eigenvalue weighted by Gasteiger charge is 2.42. The quantitative estimate of drug-likeness (QED) is 0.862. The molecule has 3 heterocycles. The molecule has 2 saturated heterocycles. The first-order valence-electron chi connectivity index (χ1n) is 6.58. The zero-order chi connectivity index (χ0) is 11.6. The van der Waals surface area contributed by atoms with Crippen LogP contribution in [0.5, 0.6) is 0 Å². The summed E-state index contributed by atoms with van der Waals surface area (Å²) in [5.41, 5.74) is 1.63. The number of piperidine rings is 1. The number of ether oxygens (including phenoxy) is 1. The van der Waals surface area contributed by atoms with Crippen LogP contribution in [-0.4, -0.2) is 31.3 Å². The first-order chi connectivity index (χ1) is 8.39. The Bertz CT molecular complexity index is 356. The maximum Gasteiger partial charge on any atom is 0.0586 e. The van der Waals surface area contributed by atoms with Crippen LogP contribution < -0.4 is 5.32 Å². The monoisotopic (exact) mass is 232 g/mol. The molecule has 1 aromatic heterocycles. The Morgan fingerprint density at radius 3 is 2.76 bits per heavy atom. The molecule has 1 N–H and O–H groups in total. The van der Waals surface area contributed by atoms with E-state index >= 15 is 0 Å². The van der Waals surface area contributed by atoms with Gasteiger partial charge >= 0.3 is 0 Å². The van der Waals surface area contributed by atoms with E-state index in [4.69, 9.17) is 4.74 Å². The molecule has 2 aliphatic heterocycles. The van der Waals surface area contributed by atoms with Crippen molar-refractivity contribution in [3.05, 3.63) is 30.1 Å². The second-order valence-corrected chi connectivity index (χ2v) is 5.41. The molecule has 3 nitrogen and oxygen atoms in total. The van der Waals surface area contributed by atoms with Crippen LogP contribution in [0.2, 0.25) is 0 Å². The standard InChI is InChI=1S/C14H20N2O/c1-2-13(9-16-5-1)14(10-17-11-14)8-12-3-6-15-7-4-12/h1-2,5,9,12,15H,3-4,6-8,10-11H2. The van der Waals surface area contributed by atoms with Gasteiger partial charge in [-0.15, -0.1) is 0 Å². The molecule has 0 atom stereocenters. The zero-order valence-electron chi connectivity index (χ0n) is 10.2. The molecule has 0 bridgehead atoms. The van der Waals surface area contributed by atoms with Crippen molar-refractivity contribution in [2.75, 3.05) is 26.3 Å². The van der Waals surface area contributed by atoms with Crippen LogP contribution in [0.4, 0.5) is 0 Å². The molecule has 0 aliphatic carbocycles. The number of hydrogen-bond acceptors (Lipinski definition) is 3. The summed E-state index contributed by atoms with van der Waals surface area (Å²) >= 11 is 0. The predicted octanol–water partition coefficient (Wildman–Crippen LogP) is 1.74. The molecular weight excluding hydrogens is 212 g/mol. The normalized spacial score (nSPS) is 24.2. The van der Waals surface area contributed by atoms with Gasteiger partial charge in [-0.05, 0) is 49.9 Å². The van der Waals surface area contributed by atoms with E-state index in [0.717, 1.165) is 19.1 Å². The summed E-state index contributed by atoms with van der Waals surface area (Å²) < 4.78 is 5.49. The summed E-state index contributed by atoms with van der Waals surface area (Å²) in [6, 6.07) is 4.24. The van der Waals surface area contributed by atoms with E-state index in [2.05, 4.69) is 16.4 Å². The van der Waals surface area contributed by atoms with Crippen LogP contribution in [0.3, 0.4) is 0 Å². The van der Waals surface area contributed by atoms with E-state index in [1.807, 2.05) is 18.5 Å². The van der Waals surface area contributed by atoms with E-state index in [0.29, 0.717) is 0 Å². The van der Waals surface area contributed by atoms with Gasteiger partial charge in [0, 0.05) is 17.8 Å². The molecule has 0 aromatic carbocycles. The zero-order valence-corrected chi connectivity index (χ0v) is 10.2. The van der Waals surface area contributed by atoms with Crippen LogP contribution >= 0.6 is 0 Å². The predicted molar refractivity (Wildman–Crippen MR) is 66.9 cm³/mol. The summed E-state index contributed by atoms with van der Waals surface area (Å²) in [5, 5.41) is 3.43. The van der Waals surface area contributed by atoms with E-state index in [1.165, 1.54) is 37.9 Å². The average Bonchev–Trinajstić information content (AvgIpc) is 2.36. The lowest BCUT2D eigenvalue weighted by Gasteiger charge is -2.44. The highest BCUT2D eigenvalue weighted by Crippen LogP contribution is 2.39. The number of nitrogens with zero attached hydrogens (tertiary/aromatic N) is 1. The minimum Gasteiger partial charge on any atom is -0.379 e. The molecule has 1 aromatic rings. The van der Waals surface area contributed by atoms with E-state index in [1.54, 1.807) is 0 Å². The van der Waals surface area contributed by atoms with Crippen LogP contribution in [0.15, 0.2) is 24.5 Å². The topological polar surface area (TPSA) is 34.2 Å². The van der Waals surface area contributed by atoms with Crippen molar-refractivity contribution >= 4 is 0 Å². The highest BCUT2D eigenvalue weighted by atomic mass is 16.5. The van der Waals surface area contributed by atoms with Crippen molar-refractivity contribution in [2.45, 2.75) is 24.7 Å². The number of rotatable bonds is 3. The molecule has 0 spiro atoms. The molecule has 0 saturated carbocycles. The minimum absolute atomic E-state index is 0.260. The fraction of sp³-hybridized carbons (Fsp3) is 0.643. The first-order valence-corrected chi connectivity index (χ1v) is 6.58. The third-order valence-electron chi connectivity index (χ3n) is 4.17. The molecular formula is C14H20N2O. The molecule has 0 unspecified atom stereocenters. The number of aromatic nitrogens is 1. The van der Waals surface area contributed by atoms with Crippen LogP contribution in [0.1, 0.15) is 24.8 Å². The van der Waals surface area contributed by atoms with Gasteiger partial charge in [-0.3, -0.25) is 4.98 Å². The lowest BCUT2D eigenvalue weighted by Crippen LogP contribution is -2.49. The minimum atomic E-state index is 0.260. The lowest BCUT2D eigenvalue weighted by atomic mass is 9.71. The Hall–Kier alpha value is -0.930. The number of pyridine rings is 1. The Morgan fingerprint density at radius 1 is 1.35 bits per heavy atom. The summed E-state index contributed by atoms with van der Waals surface area (Å²) in [4.78, 5) is 4.26. The maximum atomic E-state index is 5.49. The van der Waals surface area contributed by atoms with Gasteiger partial charge in [-0.25, -0.2) is 0 Å². The Kier molecular flexibility index (Phi) is 3.12. The van der Waals surface area contributed by atoms with Crippen molar-refractivity contribution in [3.63, 3.8) is 0 Å². The van der Waals surface area contributed by atoms with Gasteiger partial charge in [-0.1, -0.05) is 6.07 Å². The molecule has 2 aliphatic rings. The molecule has 2 fully saturated rings. The molecule has 3 heteroatoms. The maximum absolute atomic E-state index is 5.49. The third kappa shape index (κ3) is 2.22. The first kappa shape index (κ1) is 11.2. The summed E-state index contributed by atoms with van der Waals surface area (Å²) in [7, 11) is 0. The fourth-order valence-corrected chi connectivity index (χ4v) is 3.07. The summed E-state index contributed by atoms with van der Waals surface area (Å²) in [6.07, 6.45) is 7.75. The van der Waals surface area contributed by atoms with Gasteiger partial charge in [0.25, 0.3) is 0 Å². The van der Waals surface area contributed by atoms with E-state index in [9.17, 15) is 0 Å². The number of hydrogen-bond donors (Lipinski definition) is 1. The summed E-state index contributed by atoms with van der Waals surface area (Å²) in [5.74, 6) is 0.848. The Balaban J connectivity index is 1.73. The van der Waals surface area contributed by atoms with Crippen molar-refractivity contribution in [2.24, 2.45) is 5.92 Å². The summed E-state index contributed by atoms with van der Waals surface area (Å²) in [6.45, 7) is 4.11. The average molecular weight is 232 g/mol. The van der Waals surface area contributed by atoms with Gasteiger partial charge in [0.2, 0.25) is 0 Å². The SMILES string of the molecule is c1cncc(C2(CC3CCNCC3)COC2)c1. The Labute approximate surface area is 103 Å². The molecule has 3 rings (SSSR count). The fourth-order valence-electron chi connectivity index (χ4n) is 3.07. The Morgan fingerprint density at radius 2 is 2.18 bits per heavy atom.